The molecule has 2 aromatic rings. The first-order valence-electron chi connectivity index (χ1n) is 8.34. The number of guanidine groups is 1. The van der Waals surface area contributed by atoms with Crippen LogP contribution < -0.4 is 5.32 Å². The predicted octanol–water partition coefficient (Wildman–Crippen LogP) is 3.58. The highest BCUT2D eigenvalue weighted by Crippen LogP contribution is 2.16. The lowest BCUT2D eigenvalue weighted by Crippen LogP contribution is -2.40. The molecule has 0 fully saturated rings. The van der Waals surface area contributed by atoms with E-state index in [1.807, 2.05) is 18.2 Å². The Bertz CT molecular complexity index is 598. The molecule has 4 nitrogen and oxygen atoms in total. The molecule has 0 radical (unpaired) electrons. The minimum absolute atomic E-state index is 0.0226. The average Bonchev–Trinajstić information content (AvgIpc) is 3.13. The van der Waals surface area contributed by atoms with Gasteiger partial charge in [0.15, 0.2) is 5.96 Å². The number of nitrogens with one attached hydrogen (secondary N) is 1. The number of hydrogen-bond donors (Lipinski definition) is 1. The Labute approximate surface area is 149 Å². The second-order valence-corrected chi connectivity index (χ2v) is 6.61. The number of hydrogen-bond acceptors (Lipinski definition) is 3. The van der Waals surface area contributed by atoms with Gasteiger partial charge >= 0.3 is 0 Å². The van der Waals surface area contributed by atoms with Crippen LogP contribution in [-0.2, 0) is 11.2 Å². The Balaban J connectivity index is 1.97. The van der Waals surface area contributed by atoms with Crippen molar-refractivity contribution < 1.29 is 4.74 Å². The van der Waals surface area contributed by atoms with Gasteiger partial charge in [-0.1, -0.05) is 36.4 Å². The number of likely N-dealkylation sites (N-methyl/N-ethyl adjacent to an activating group) is 1. The fourth-order valence-corrected chi connectivity index (χ4v) is 3.16. The normalized spacial score (nSPS) is 12.9. The molecule has 0 amide bonds. The molecule has 1 aromatic carbocycles. The minimum atomic E-state index is -0.0226. The summed E-state index contributed by atoms with van der Waals surface area (Å²) in [7, 11) is 3.82. The van der Waals surface area contributed by atoms with Gasteiger partial charge < -0.3 is 15.0 Å². The van der Waals surface area contributed by atoms with Gasteiger partial charge in [-0.2, -0.15) is 0 Å². The van der Waals surface area contributed by atoms with Crippen LogP contribution in [0.25, 0.3) is 0 Å². The van der Waals surface area contributed by atoms with E-state index in [0.29, 0.717) is 6.54 Å². The maximum absolute atomic E-state index is 5.61. The molecule has 2 rings (SSSR count). The van der Waals surface area contributed by atoms with E-state index in [1.54, 1.807) is 18.4 Å². The van der Waals surface area contributed by atoms with E-state index < -0.39 is 0 Å². The van der Waals surface area contributed by atoms with Crippen LogP contribution in [0.1, 0.15) is 23.5 Å². The number of ether oxygens (including phenoxy) is 1. The number of aliphatic imine (C=N–C) groups is 1. The van der Waals surface area contributed by atoms with Gasteiger partial charge in [0, 0.05) is 32.1 Å². The van der Waals surface area contributed by atoms with Crippen molar-refractivity contribution in [3.63, 3.8) is 0 Å². The summed E-state index contributed by atoms with van der Waals surface area (Å²) in [5, 5.41) is 5.49. The van der Waals surface area contributed by atoms with Crippen LogP contribution in [0.2, 0.25) is 0 Å². The maximum Gasteiger partial charge on any atom is 0.193 e. The molecule has 1 N–H and O–H groups in total. The monoisotopic (exact) mass is 345 g/mol. The average molecular weight is 346 g/mol. The van der Waals surface area contributed by atoms with Gasteiger partial charge in [0.25, 0.3) is 0 Å². The Morgan fingerprint density at radius 1 is 1.25 bits per heavy atom. The van der Waals surface area contributed by atoms with Crippen molar-refractivity contribution in [2.24, 2.45) is 4.99 Å². The Morgan fingerprint density at radius 2 is 2.04 bits per heavy atom. The molecular weight excluding hydrogens is 318 g/mol. The van der Waals surface area contributed by atoms with Crippen molar-refractivity contribution >= 4 is 17.3 Å². The summed E-state index contributed by atoms with van der Waals surface area (Å²) in [6.07, 6.45) is 1.01. The van der Waals surface area contributed by atoms with Crippen LogP contribution in [0.15, 0.2) is 52.8 Å². The molecule has 0 aliphatic heterocycles. The summed E-state index contributed by atoms with van der Waals surface area (Å²) in [6, 6.07) is 14.5. The second kappa shape index (κ2) is 10.1. The lowest BCUT2D eigenvalue weighted by Gasteiger charge is -2.23. The molecule has 0 saturated heterocycles. The number of rotatable bonds is 8. The first-order valence-corrected chi connectivity index (χ1v) is 9.22. The molecule has 130 valence electrons. The smallest absolute Gasteiger partial charge is 0.193 e. The highest BCUT2D eigenvalue weighted by Gasteiger charge is 2.11. The fraction of sp³-hybridized carbons (Fsp3) is 0.421. The number of thiophene rings is 1. The van der Waals surface area contributed by atoms with Crippen LogP contribution >= 0.6 is 11.3 Å². The topological polar surface area (TPSA) is 36.9 Å². The van der Waals surface area contributed by atoms with E-state index in [0.717, 1.165) is 31.0 Å². The molecule has 1 heterocycles. The molecule has 0 bridgehead atoms. The third-order valence-corrected chi connectivity index (χ3v) is 4.77. The lowest BCUT2D eigenvalue weighted by molar-refractivity contribution is 0.110. The third kappa shape index (κ3) is 5.65. The Hall–Kier alpha value is -1.85. The van der Waals surface area contributed by atoms with Crippen LogP contribution in [0, 0.1) is 0 Å². The number of nitrogens with zero attached hydrogens (tertiary/aromatic N) is 2. The van der Waals surface area contributed by atoms with E-state index in [1.165, 1.54) is 4.88 Å². The van der Waals surface area contributed by atoms with Crippen molar-refractivity contribution in [2.75, 3.05) is 33.8 Å². The Morgan fingerprint density at radius 3 is 2.67 bits per heavy atom. The van der Waals surface area contributed by atoms with Crippen LogP contribution in [0.3, 0.4) is 0 Å². The van der Waals surface area contributed by atoms with Gasteiger partial charge in [-0.05, 0) is 30.4 Å². The molecule has 0 saturated carbocycles. The van der Waals surface area contributed by atoms with Gasteiger partial charge in [-0.3, -0.25) is 4.99 Å². The maximum atomic E-state index is 5.61. The zero-order valence-corrected chi connectivity index (χ0v) is 15.6. The summed E-state index contributed by atoms with van der Waals surface area (Å²) >= 11 is 1.80. The SMILES string of the molecule is CCNC(=NCC(OC)c1ccccc1)N(C)CCc1cccs1. The van der Waals surface area contributed by atoms with Crippen molar-refractivity contribution in [2.45, 2.75) is 19.4 Å². The van der Waals surface area contributed by atoms with Gasteiger partial charge in [0.1, 0.15) is 6.10 Å². The highest BCUT2D eigenvalue weighted by atomic mass is 32.1. The molecule has 5 heteroatoms. The number of benzene rings is 1. The van der Waals surface area contributed by atoms with E-state index in [4.69, 9.17) is 9.73 Å². The standard InChI is InChI=1S/C19H27N3OS/c1-4-20-19(22(2)13-12-17-11-8-14-24-17)21-15-18(23-3)16-9-6-5-7-10-16/h5-11,14,18H,4,12-13,15H2,1-3H3,(H,20,21). The van der Waals surface area contributed by atoms with Crippen LogP contribution in [0.5, 0.6) is 0 Å². The van der Waals surface area contributed by atoms with Gasteiger partial charge in [-0.15, -0.1) is 11.3 Å². The molecule has 0 aliphatic rings. The van der Waals surface area contributed by atoms with Crippen molar-refractivity contribution in [3.05, 3.63) is 58.3 Å². The van der Waals surface area contributed by atoms with Crippen molar-refractivity contribution in [1.82, 2.24) is 10.2 Å². The summed E-state index contributed by atoms with van der Waals surface area (Å²) in [4.78, 5) is 8.35. The van der Waals surface area contributed by atoms with Crippen LogP contribution in [0.4, 0.5) is 0 Å². The van der Waals surface area contributed by atoms with Crippen LogP contribution in [-0.4, -0.2) is 44.7 Å². The van der Waals surface area contributed by atoms with E-state index >= 15 is 0 Å². The van der Waals surface area contributed by atoms with E-state index in [2.05, 4.69) is 53.8 Å². The molecule has 24 heavy (non-hydrogen) atoms. The zero-order chi connectivity index (χ0) is 17.2. The summed E-state index contributed by atoms with van der Waals surface area (Å²) in [6.45, 7) is 4.49. The fourth-order valence-electron chi connectivity index (χ4n) is 2.46. The van der Waals surface area contributed by atoms with Gasteiger partial charge in [0.05, 0.1) is 6.54 Å². The molecule has 0 spiro atoms. The quantitative estimate of drug-likeness (QED) is 0.587. The molecular formula is C19H27N3OS. The number of methoxy groups -OCH3 is 1. The summed E-state index contributed by atoms with van der Waals surface area (Å²) in [5.41, 5.74) is 1.15. The van der Waals surface area contributed by atoms with Gasteiger partial charge in [0.2, 0.25) is 0 Å². The van der Waals surface area contributed by atoms with Crippen molar-refractivity contribution in [1.29, 1.82) is 0 Å². The largest absolute Gasteiger partial charge is 0.375 e. The van der Waals surface area contributed by atoms with E-state index in [-0.39, 0.29) is 6.10 Å². The minimum Gasteiger partial charge on any atom is -0.375 e. The van der Waals surface area contributed by atoms with Gasteiger partial charge in [-0.25, -0.2) is 0 Å². The summed E-state index contributed by atoms with van der Waals surface area (Å²) < 4.78 is 5.61. The Kier molecular flexibility index (Phi) is 7.79. The molecule has 0 aliphatic carbocycles. The highest BCUT2D eigenvalue weighted by molar-refractivity contribution is 7.09. The first-order chi connectivity index (χ1) is 11.7. The third-order valence-electron chi connectivity index (χ3n) is 3.83. The predicted molar refractivity (Wildman–Crippen MR) is 103 cm³/mol. The summed E-state index contributed by atoms with van der Waals surface area (Å²) in [5.74, 6) is 0.923. The lowest BCUT2D eigenvalue weighted by atomic mass is 10.1. The molecule has 1 unspecified atom stereocenters. The molecule has 1 aromatic heterocycles. The second-order valence-electron chi connectivity index (χ2n) is 5.58. The van der Waals surface area contributed by atoms with Crippen molar-refractivity contribution in [3.8, 4) is 0 Å². The first kappa shape index (κ1) is 18.5. The van der Waals surface area contributed by atoms with E-state index in [9.17, 15) is 0 Å². The zero-order valence-electron chi connectivity index (χ0n) is 14.7. The molecule has 1 atom stereocenters.